The van der Waals surface area contributed by atoms with Gasteiger partial charge in [-0.2, -0.15) is 0 Å². The molecule has 0 aromatic carbocycles. The zero-order valence-corrected chi connectivity index (χ0v) is 15.8. The van der Waals surface area contributed by atoms with E-state index in [0.717, 1.165) is 0 Å². The van der Waals surface area contributed by atoms with Gasteiger partial charge in [0, 0.05) is 13.2 Å². The van der Waals surface area contributed by atoms with Crippen molar-refractivity contribution in [2.24, 2.45) is 16.6 Å². The number of hydrogen-bond donors (Lipinski definition) is 1. The Kier molecular flexibility index (Phi) is 12.4. The van der Waals surface area contributed by atoms with Gasteiger partial charge in [0.2, 0.25) is 0 Å². The molecule has 6 nitrogen and oxygen atoms in total. The quantitative estimate of drug-likeness (QED) is 0.453. The molecule has 0 bridgehead atoms. The first-order chi connectivity index (χ1) is 10.2. The maximum atomic E-state index is 12.3. The molecule has 0 spiro atoms. The van der Waals surface area contributed by atoms with E-state index in [1.54, 1.807) is 13.8 Å². The third kappa shape index (κ3) is 8.53. The van der Waals surface area contributed by atoms with E-state index in [9.17, 15) is 9.59 Å². The van der Waals surface area contributed by atoms with Gasteiger partial charge in [0.15, 0.2) is 0 Å². The molecule has 0 aliphatic heterocycles. The van der Waals surface area contributed by atoms with E-state index in [1.807, 2.05) is 20.8 Å². The van der Waals surface area contributed by atoms with Gasteiger partial charge in [-0.15, -0.1) is 12.4 Å². The number of carbonyl (C=O) groups is 2. The highest BCUT2D eigenvalue weighted by Crippen LogP contribution is 2.38. The molecule has 2 N–H and O–H groups in total. The van der Waals surface area contributed by atoms with E-state index >= 15 is 0 Å². The number of ether oxygens (including phenoxy) is 3. The summed E-state index contributed by atoms with van der Waals surface area (Å²) in [6.07, 6.45) is 0.932. The van der Waals surface area contributed by atoms with Crippen LogP contribution in [0, 0.1) is 10.8 Å². The van der Waals surface area contributed by atoms with Crippen molar-refractivity contribution in [1.29, 1.82) is 0 Å². The second kappa shape index (κ2) is 11.6. The maximum Gasteiger partial charge on any atom is 0.311 e. The van der Waals surface area contributed by atoms with Crippen molar-refractivity contribution in [3.63, 3.8) is 0 Å². The minimum Gasteiger partial charge on any atom is -0.464 e. The van der Waals surface area contributed by atoms with Gasteiger partial charge < -0.3 is 19.9 Å². The summed E-state index contributed by atoms with van der Waals surface area (Å²) in [5.41, 5.74) is 3.82. The lowest BCUT2D eigenvalue weighted by Gasteiger charge is -2.33. The van der Waals surface area contributed by atoms with Gasteiger partial charge in [0.1, 0.15) is 13.2 Å². The second-order valence-electron chi connectivity index (χ2n) is 6.23. The van der Waals surface area contributed by atoms with Crippen LogP contribution >= 0.6 is 12.4 Å². The molecular weight excluding hydrogens is 322 g/mol. The van der Waals surface area contributed by atoms with E-state index in [4.69, 9.17) is 19.9 Å². The fraction of sp³-hybridized carbons (Fsp3) is 0.875. The lowest BCUT2D eigenvalue weighted by atomic mass is 9.72. The predicted octanol–water partition coefficient (Wildman–Crippen LogP) is 2.32. The molecule has 23 heavy (non-hydrogen) atoms. The van der Waals surface area contributed by atoms with E-state index in [0.29, 0.717) is 26.1 Å². The minimum absolute atomic E-state index is 0. The molecule has 0 fully saturated rings. The molecular formula is C16H32ClNO5. The molecule has 0 saturated heterocycles. The Balaban J connectivity index is 0. The van der Waals surface area contributed by atoms with Gasteiger partial charge in [-0.3, -0.25) is 9.59 Å². The molecule has 0 radical (unpaired) electrons. The summed E-state index contributed by atoms with van der Waals surface area (Å²) in [5, 5.41) is 0. The molecule has 0 aliphatic carbocycles. The van der Waals surface area contributed by atoms with Crippen molar-refractivity contribution in [1.82, 2.24) is 0 Å². The van der Waals surface area contributed by atoms with Gasteiger partial charge >= 0.3 is 11.9 Å². The van der Waals surface area contributed by atoms with Gasteiger partial charge in [0.25, 0.3) is 0 Å². The summed E-state index contributed by atoms with van der Waals surface area (Å²) in [6.45, 7) is 10.8. The van der Waals surface area contributed by atoms with Crippen LogP contribution in [-0.4, -0.2) is 44.9 Å². The number of esters is 2. The van der Waals surface area contributed by atoms with E-state index in [1.165, 1.54) is 0 Å². The number of rotatable bonds is 11. The third-order valence-corrected chi connectivity index (χ3v) is 3.67. The first kappa shape index (κ1) is 24.4. The highest BCUT2D eigenvalue weighted by Gasteiger charge is 2.42. The lowest BCUT2D eigenvalue weighted by molar-refractivity contribution is -0.163. The second-order valence-corrected chi connectivity index (χ2v) is 6.23. The molecule has 0 aliphatic rings. The van der Waals surface area contributed by atoms with Gasteiger partial charge in [-0.05, 0) is 40.5 Å². The summed E-state index contributed by atoms with van der Waals surface area (Å²) < 4.78 is 15.5. The lowest BCUT2D eigenvalue weighted by Crippen LogP contribution is -2.39. The van der Waals surface area contributed by atoms with Crippen molar-refractivity contribution >= 4 is 24.3 Å². The Hall–Kier alpha value is -0.850. The largest absolute Gasteiger partial charge is 0.464 e. The van der Waals surface area contributed by atoms with Crippen LogP contribution in [0.4, 0.5) is 0 Å². The van der Waals surface area contributed by atoms with Crippen LogP contribution in [0.25, 0.3) is 0 Å². The molecule has 1 atom stereocenters. The van der Waals surface area contributed by atoms with Crippen LogP contribution in [0.1, 0.15) is 47.5 Å². The molecule has 1 unspecified atom stereocenters. The van der Waals surface area contributed by atoms with Crippen molar-refractivity contribution in [2.75, 3.05) is 33.0 Å². The van der Waals surface area contributed by atoms with Gasteiger partial charge in [0.05, 0.1) is 17.4 Å². The SMILES string of the molecule is CCOCCOC(=O)C(C)(CC)CC(C)(C)C(=O)OCCN.Cl. The summed E-state index contributed by atoms with van der Waals surface area (Å²) in [5.74, 6) is -0.658. The van der Waals surface area contributed by atoms with Crippen molar-refractivity contribution in [3.8, 4) is 0 Å². The first-order valence-corrected chi connectivity index (χ1v) is 7.85. The fourth-order valence-electron chi connectivity index (χ4n) is 2.25. The van der Waals surface area contributed by atoms with Crippen LogP contribution in [0.15, 0.2) is 0 Å². The Labute approximate surface area is 145 Å². The van der Waals surface area contributed by atoms with Gasteiger partial charge in [-0.1, -0.05) is 6.92 Å². The fourth-order valence-corrected chi connectivity index (χ4v) is 2.25. The molecule has 0 aromatic rings. The van der Waals surface area contributed by atoms with Crippen LogP contribution in [-0.2, 0) is 23.8 Å². The molecule has 138 valence electrons. The maximum absolute atomic E-state index is 12.3. The number of hydrogen-bond acceptors (Lipinski definition) is 6. The summed E-state index contributed by atoms with van der Waals surface area (Å²) in [4.78, 5) is 24.4. The molecule has 0 saturated carbocycles. The third-order valence-electron chi connectivity index (χ3n) is 3.67. The van der Waals surface area contributed by atoms with Gasteiger partial charge in [-0.25, -0.2) is 0 Å². The first-order valence-electron chi connectivity index (χ1n) is 7.85. The molecule has 0 heterocycles. The average Bonchev–Trinajstić information content (AvgIpc) is 2.48. The summed E-state index contributed by atoms with van der Waals surface area (Å²) in [6, 6.07) is 0. The number of carbonyl (C=O) groups excluding carboxylic acids is 2. The monoisotopic (exact) mass is 353 g/mol. The van der Waals surface area contributed by atoms with E-state index in [2.05, 4.69) is 0 Å². The number of nitrogens with two attached hydrogens (primary N) is 1. The molecule has 7 heteroatoms. The Morgan fingerprint density at radius 2 is 1.52 bits per heavy atom. The Bertz CT molecular complexity index is 362. The highest BCUT2D eigenvalue weighted by atomic mass is 35.5. The van der Waals surface area contributed by atoms with E-state index < -0.39 is 10.8 Å². The topological polar surface area (TPSA) is 87.8 Å². The van der Waals surface area contributed by atoms with E-state index in [-0.39, 0.29) is 44.1 Å². The summed E-state index contributed by atoms with van der Waals surface area (Å²) >= 11 is 0. The highest BCUT2D eigenvalue weighted by molar-refractivity contribution is 5.85. The van der Waals surface area contributed by atoms with Crippen LogP contribution in [0.2, 0.25) is 0 Å². The molecule has 0 rings (SSSR count). The standard InChI is InChI=1S/C16H31NO5.ClH/c1-6-16(5,14(19)22-11-10-20-7-2)12-15(3,4)13(18)21-9-8-17;/h6-12,17H2,1-5H3;1H. The normalized spacial score (nSPS) is 13.7. The summed E-state index contributed by atoms with van der Waals surface area (Å²) in [7, 11) is 0. The Morgan fingerprint density at radius 1 is 0.957 bits per heavy atom. The average molecular weight is 354 g/mol. The minimum atomic E-state index is -0.779. The molecule has 0 aromatic heterocycles. The Morgan fingerprint density at radius 3 is 2.00 bits per heavy atom. The predicted molar refractivity (Wildman–Crippen MR) is 91.5 cm³/mol. The zero-order chi connectivity index (χ0) is 17.2. The van der Waals surface area contributed by atoms with Crippen molar-refractivity contribution in [3.05, 3.63) is 0 Å². The smallest absolute Gasteiger partial charge is 0.311 e. The van der Waals surface area contributed by atoms with Crippen LogP contribution in [0.5, 0.6) is 0 Å². The van der Waals surface area contributed by atoms with Crippen LogP contribution in [0.3, 0.4) is 0 Å². The van der Waals surface area contributed by atoms with Crippen molar-refractivity contribution < 1.29 is 23.8 Å². The van der Waals surface area contributed by atoms with Crippen LogP contribution < -0.4 is 5.73 Å². The van der Waals surface area contributed by atoms with Crippen molar-refractivity contribution in [2.45, 2.75) is 47.5 Å². The zero-order valence-electron chi connectivity index (χ0n) is 15.0. The molecule has 0 amide bonds. The number of halogens is 1.